The smallest absolute Gasteiger partial charge is 0.153 e. The maximum atomic E-state index is 5.42. The van der Waals surface area contributed by atoms with Gasteiger partial charge in [0.15, 0.2) is 5.84 Å². The van der Waals surface area contributed by atoms with Crippen LogP contribution in [0.5, 0.6) is 0 Å². The number of thiophene rings is 1. The van der Waals surface area contributed by atoms with Crippen LogP contribution < -0.4 is 0 Å². The first-order valence-corrected chi connectivity index (χ1v) is 20.7. The molecule has 0 aliphatic heterocycles. The van der Waals surface area contributed by atoms with Crippen LogP contribution >= 0.6 is 11.3 Å². The van der Waals surface area contributed by atoms with E-state index in [0.717, 1.165) is 65.5 Å². The van der Waals surface area contributed by atoms with E-state index in [1.165, 1.54) is 32.9 Å². The number of hydrogen-bond donors (Lipinski definition) is 0. The summed E-state index contributed by atoms with van der Waals surface area (Å²) in [5.41, 5.74) is 12.2. The van der Waals surface area contributed by atoms with Crippen LogP contribution in [0.2, 0.25) is 0 Å². The van der Waals surface area contributed by atoms with Gasteiger partial charge in [-0.1, -0.05) is 158 Å². The standard InChI is InChI=1S/C54H40N4S/c1-3-17-47-44(32-30-37-31-33-45-43-25-10-13-27-48(43)57(50(45)34-37)41-23-16-22-40(35-41)39-20-8-5-9-21-39)42-24-11-14-28-49(42)58(47)54(56-36-38-18-6-4-7-19-38)53-52(55-2)46-26-12-15-29-51(46)59-53/h3-35H,2,36H2,1H3/b17-3-,32-30+,56-54?. The van der Waals surface area contributed by atoms with Crippen molar-refractivity contribution in [1.29, 1.82) is 0 Å². The van der Waals surface area contributed by atoms with Gasteiger partial charge in [-0.25, -0.2) is 0 Å². The molecule has 0 unspecified atom stereocenters. The van der Waals surface area contributed by atoms with E-state index < -0.39 is 0 Å². The van der Waals surface area contributed by atoms with E-state index in [-0.39, 0.29) is 0 Å². The summed E-state index contributed by atoms with van der Waals surface area (Å²) >= 11 is 1.71. The zero-order valence-corrected chi connectivity index (χ0v) is 33.5. The molecule has 0 amide bonds. The Morgan fingerprint density at radius 2 is 1.27 bits per heavy atom. The molecule has 0 N–H and O–H groups in total. The molecule has 282 valence electrons. The molecule has 0 atom stereocenters. The van der Waals surface area contributed by atoms with Crippen molar-refractivity contribution < 1.29 is 0 Å². The lowest BCUT2D eigenvalue weighted by Crippen LogP contribution is -2.15. The van der Waals surface area contributed by atoms with E-state index in [1.807, 2.05) is 6.07 Å². The molecule has 0 saturated carbocycles. The molecule has 10 aromatic rings. The molecule has 10 rings (SSSR count). The molecule has 0 saturated heterocycles. The highest BCUT2D eigenvalue weighted by Crippen LogP contribution is 2.41. The van der Waals surface area contributed by atoms with Crippen molar-refractivity contribution >= 4 is 90.6 Å². The molecular weight excluding hydrogens is 737 g/mol. The molecule has 0 aliphatic rings. The Hall–Kier alpha value is -7.34. The Morgan fingerprint density at radius 1 is 0.593 bits per heavy atom. The SMILES string of the molecule is C=Nc1c(C(=NCc2ccccc2)n2c(/C=C\C)c(/C=C/c3ccc4c5ccccc5n(-c5cccc(-c6ccccc6)c5)c4c3)c3ccccc32)sc2ccccc12. The number of nitrogens with zero attached hydrogens (tertiary/aromatic N) is 4. The highest BCUT2D eigenvalue weighted by atomic mass is 32.1. The van der Waals surface area contributed by atoms with E-state index in [9.17, 15) is 0 Å². The minimum Gasteiger partial charge on any atom is -0.309 e. The van der Waals surface area contributed by atoms with Gasteiger partial charge >= 0.3 is 0 Å². The zero-order valence-electron chi connectivity index (χ0n) is 32.7. The number of fused-ring (bicyclic) bond motifs is 5. The summed E-state index contributed by atoms with van der Waals surface area (Å²) in [6.45, 7) is 6.64. The third-order valence-electron chi connectivity index (χ3n) is 11.0. The Kier molecular flexibility index (Phi) is 9.49. The lowest BCUT2D eigenvalue weighted by molar-refractivity contribution is 1.03. The van der Waals surface area contributed by atoms with Crippen LogP contribution in [0.4, 0.5) is 5.69 Å². The molecule has 0 aliphatic carbocycles. The second kappa shape index (κ2) is 15.5. The summed E-state index contributed by atoms with van der Waals surface area (Å²) in [4.78, 5) is 11.0. The highest BCUT2D eigenvalue weighted by molar-refractivity contribution is 7.21. The predicted molar refractivity (Wildman–Crippen MR) is 255 cm³/mol. The summed E-state index contributed by atoms with van der Waals surface area (Å²) in [5.74, 6) is 0.852. The largest absolute Gasteiger partial charge is 0.309 e. The van der Waals surface area contributed by atoms with Crippen molar-refractivity contribution in [1.82, 2.24) is 9.13 Å². The molecule has 7 aromatic carbocycles. The fraction of sp³-hybridized carbons (Fsp3) is 0.0370. The topological polar surface area (TPSA) is 34.6 Å². The van der Waals surface area contributed by atoms with Gasteiger partial charge in [-0.2, -0.15) is 0 Å². The summed E-state index contributed by atoms with van der Waals surface area (Å²) in [6, 6.07) is 62.5. The van der Waals surface area contributed by atoms with Gasteiger partial charge in [0.2, 0.25) is 0 Å². The van der Waals surface area contributed by atoms with Crippen molar-refractivity contribution in [3.63, 3.8) is 0 Å². The van der Waals surface area contributed by atoms with Crippen LogP contribution in [-0.4, -0.2) is 21.7 Å². The predicted octanol–water partition coefficient (Wildman–Crippen LogP) is 14.7. The van der Waals surface area contributed by atoms with Crippen LogP contribution in [0.15, 0.2) is 192 Å². The Labute approximate surface area is 347 Å². The second-order valence-corrected chi connectivity index (χ2v) is 15.6. The Bertz CT molecular complexity index is 3270. The van der Waals surface area contributed by atoms with Gasteiger partial charge in [0.25, 0.3) is 0 Å². The van der Waals surface area contributed by atoms with Crippen molar-refractivity contribution in [3.8, 4) is 16.8 Å². The maximum absolute atomic E-state index is 5.42. The van der Waals surface area contributed by atoms with Crippen LogP contribution in [-0.2, 0) is 6.54 Å². The number of aromatic nitrogens is 2. The lowest BCUT2D eigenvalue weighted by atomic mass is 10.0. The van der Waals surface area contributed by atoms with Gasteiger partial charge in [0.05, 0.1) is 39.4 Å². The summed E-state index contributed by atoms with van der Waals surface area (Å²) < 4.78 is 5.87. The van der Waals surface area contributed by atoms with E-state index in [2.05, 4.69) is 222 Å². The van der Waals surface area contributed by atoms with Gasteiger partial charge in [-0.3, -0.25) is 14.6 Å². The average molecular weight is 777 g/mol. The van der Waals surface area contributed by atoms with Crippen LogP contribution in [0.3, 0.4) is 0 Å². The summed E-state index contributed by atoms with van der Waals surface area (Å²) in [7, 11) is 0. The number of benzene rings is 7. The van der Waals surface area contributed by atoms with Crippen molar-refractivity contribution in [2.24, 2.45) is 9.98 Å². The lowest BCUT2D eigenvalue weighted by Gasteiger charge is -2.13. The van der Waals surface area contributed by atoms with E-state index in [4.69, 9.17) is 4.99 Å². The highest BCUT2D eigenvalue weighted by Gasteiger charge is 2.24. The molecular formula is C54H40N4S. The van der Waals surface area contributed by atoms with Crippen molar-refractivity contribution in [2.75, 3.05) is 0 Å². The molecule has 3 aromatic heterocycles. The van der Waals surface area contributed by atoms with Crippen molar-refractivity contribution in [3.05, 3.63) is 209 Å². The Balaban J connectivity index is 1.15. The van der Waals surface area contributed by atoms with E-state index in [1.54, 1.807) is 11.3 Å². The van der Waals surface area contributed by atoms with Crippen LogP contribution in [0.1, 0.15) is 34.2 Å². The molecule has 5 heteroatoms. The first-order valence-electron chi connectivity index (χ1n) is 19.9. The number of aliphatic imine (C=N–C) groups is 2. The fourth-order valence-electron chi connectivity index (χ4n) is 8.35. The van der Waals surface area contributed by atoms with Gasteiger partial charge < -0.3 is 4.57 Å². The number of para-hydroxylation sites is 2. The third-order valence-corrected chi connectivity index (χ3v) is 12.2. The molecule has 0 spiro atoms. The van der Waals surface area contributed by atoms with E-state index >= 15 is 0 Å². The van der Waals surface area contributed by atoms with Gasteiger partial charge in [0.1, 0.15) is 0 Å². The third kappa shape index (κ3) is 6.52. The normalized spacial score (nSPS) is 12.3. The number of allylic oxidation sites excluding steroid dienone is 1. The van der Waals surface area contributed by atoms with Gasteiger partial charge in [-0.05, 0) is 78.4 Å². The van der Waals surface area contributed by atoms with Gasteiger partial charge in [-0.15, -0.1) is 11.3 Å². The average Bonchev–Trinajstić information content (AvgIpc) is 3.94. The molecule has 4 nitrogen and oxygen atoms in total. The Morgan fingerprint density at radius 3 is 2.07 bits per heavy atom. The first kappa shape index (κ1) is 36.0. The summed E-state index contributed by atoms with van der Waals surface area (Å²) in [6.07, 6.45) is 8.83. The number of rotatable bonds is 9. The van der Waals surface area contributed by atoms with E-state index in [0.29, 0.717) is 6.54 Å². The molecule has 0 bridgehead atoms. The minimum absolute atomic E-state index is 0.524. The maximum Gasteiger partial charge on any atom is 0.153 e. The molecule has 0 radical (unpaired) electrons. The quantitative estimate of drug-likeness (QED) is 0.103. The molecule has 0 fully saturated rings. The van der Waals surface area contributed by atoms with Crippen LogP contribution in [0.25, 0.3) is 77.8 Å². The minimum atomic E-state index is 0.524. The van der Waals surface area contributed by atoms with Crippen molar-refractivity contribution in [2.45, 2.75) is 13.5 Å². The second-order valence-electron chi connectivity index (χ2n) is 14.6. The molecule has 3 heterocycles. The summed E-state index contributed by atoms with van der Waals surface area (Å²) in [5, 5.41) is 4.69. The van der Waals surface area contributed by atoms with Crippen LogP contribution in [0, 0.1) is 0 Å². The fourth-order valence-corrected chi connectivity index (χ4v) is 9.51. The van der Waals surface area contributed by atoms with Gasteiger partial charge in [0, 0.05) is 37.5 Å². The monoisotopic (exact) mass is 776 g/mol. The zero-order chi connectivity index (χ0) is 39.7. The first-order chi connectivity index (χ1) is 29.2. The number of hydrogen-bond acceptors (Lipinski definition) is 3. The molecule has 59 heavy (non-hydrogen) atoms.